The molecule has 96 valence electrons. The summed E-state index contributed by atoms with van der Waals surface area (Å²) in [7, 11) is 0. The summed E-state index contributed by atoms with van der Waals surface area (Å²) in [5.74, 6) is -3.26. The summed E-state index contributed by atoms with van der Waals surface area (Å²) in [6.07, 6.45) is 1.52. The maximum absolute atomic E-state index is 13.5. The lowest BCUT2D eigenvalue weighted by molar-refractivity contribution is 0.491. The van der Waals surface area contributed by atoms with Crippen molar-refractivity contribution in [3.8, 4) is 0 Å². The molecule has 0 unspecified atom stereocenters. The van der Waals surface area contributed by atoms with E-state index in [1.54, 1.807) is 0 Å². The summed E-state index contributed by atoms with van der Waals surface area (Å²) < 4.78 is 39.7. The van der Waals surface area contributed by atoms with Crippen LogP contribution in [-0.2, 0) is 6.54 Å². The van der Waals surface area contributed by atoms with E-state index in [2.05, 4.69) is 26.2 Å². The maximum atomic E-state index is 13.5. The van der Waals surface area contributed by atoms with E-state index in [4.69, 9.17) is 11.6 Å². The molecule has 18 heavy (non-hydrogen) atoms. The fourth-order valence-corrected chi connectivity index (χ4v) is 2.71. The number of aromatic nitrogens is 1. The lowest BCUT2D eigenvalue weighted by Gasteiger charge is -2.09. The van der Waals surface area contributed by atoms with Crippen LogP contribution in [0.15, 0.2) is 16.7 Å². The topological polar surface area (TPSA) is 24.9 Å². The number of nitrogens with zero attached hydrogens (tertiary/aromatic N) is 1. The SMILES string of the molecule is Fc1cc(F)c(NCc2cnc(Cl)s2)c(Br)c1F. The molecule has 2 aromatic rings. The minimum atomic E-state index is -1.24. The van der Waals surface area contributed by atoms with Gasteiger partial charge in [-0.15, -0.1) is 11.3 Å². The van der Waals surface area contributed by atoms with Gasteiger partial charge in [-0.3, -0.25) is 0 Å². The lowest BCUT2D eigenvalue weighted by atomic mass is 10.2. The van der Waals surface area contributed by atoms with Gasteiger partial charge in [0.05, 0.1) is 16.7 Å². The Labute approximate surface area is 118 Å². The van der Waals surface area contributed by atoms with E-state index >= 15 is 0 Å². The second kappa shape index (κ2) is 5.46. The van der Waals surface area contributed by atoms with Crippen LogP contribution in [0.1, 0.15) is 4.88 Å². The van der Waals surface area contributed by atoms with Crippen molar-refractivity contribution in [2.45, 2.75) is 6.54 Å². The van der Waals surface area contributed by atoms with Crippen molar-refractivity contribution in [3.63, 3.8) is 0 Å². The smallest absolute Gasteiger partial charge is 0.183 e. The molecule has 0 saturated carbocycles. The van der Waals surface area contributed by atoms with Gasteiger partial charge in [0.2, 0.25) is 0 Å². The van der Waals surface area contributed by atoms with Gasteiger partial charge in [-0.2, -0.15) is 0 Å². The highest BCUT2D eigenvalue weighted by atomic mass is 79.9. The van der Waals surface area contributed by atoms with Crippen LogP contribution in [0, 0.1) is 17.5 Å². The van der Waals surface area contributed by atoms with Gasteiger partial charge < -0.3 is 5.32 Å². The molecular formula is C10H5BrClF3N2S. The van der Waals surface area contributed by atoms with E-state index in [1.807, 2.05) is 0 Å². The van der Waals surface area contributed by atoms with Gasteiger partial charge in [-0.1, -0.05) is 11.6 Å². The third kappa shape index (κ3) is 2.78. The summed E-state index contributed by atoms with van der Waals surface area (Å²) >= 11 is 9.65. The van der Waals surface area contributed by atoms with Gasteiger partial charge in [0.1, 0.15) is 0 Å². The average molecular weight is 358 g/mol. The number of nitrogens with one attached hydrogen (secondary N) is 1. The number of benzene rings is 1. The Balaban J connectivity index is 2.22. The van der Waals surface area contributed by atoms with Crippen LogP contribution < -0.4 is 5.32 Å². The molecule has 0 saturated heterocycles. The number of thiazole rings is 1. The molecular weight excluding hydrogens is 353 g/mol. The molecule has 1 N–H and O–H groups in total. The van der Waals surface area contributed by atoms with Crippen LogP contribution in [0.4, 0.5) is 18.9 Å². The molecule has 0 amide bonds. The molecule has 0 spiro atoms. The molecule has 0 fully saturated rings. The van der Waals surface area contributed by atoms with Gasteiger partial charge in [-0.25, -0.2) is 18.2 Å². The van der Waals surface area contributed by atoms with Crippen molar-refractivity contribution in [1.29, 1.82) is 0 Å². The van der Waals surface area contributed by atoms with Crippen molar-refractivity contribution >= 4 is 44.6 Å². The predicted octanol–water partition coefficient (Wildman–Crippen LogP) is 4.59. The summed E-state index contributed by atoms with van der Waals surface area (Å²) in [6, 6.07) is 0.488. The molecule has 0 radical (unpaired) electrons. The van der Waals surface area contributed by atoms with Gasteiger partial charge in [-0.05, 0) is 15.9 Å². The zero-order chi connectivity index (χ0) is 13.3. The number of rotatable bonds is 3. The first-order valence-corrected chi connectivity index (χ1v) is 6.65. The molecule has 2 rings (SSSR count). The van der Waals surface area contributed by atoms with Crippen LogP contribution in [0.25, 0.3) is 0 Å². The fourth-order valence-electron chi connectivity index (χ4n) is 1.27. The second-order valence-corrected chi connectivity index (χ2v) is 5.77. The molecule has 1 aromatic carbocycles. The maximum Gasteiger partial charge on any atom is 0.183 e. The molecule has 2 nitrogen and oxygen atoms in total. The van der Waals surface area contributed by atoms with Crippen molar-refractivity contribution < 1.29 is 13.2 Å². The first-order valence-electron chi connectivity index (χ1n) is 4.66. The van der Waals surface area contributed by atoms with E-state index in [0.29, 0.717) is 10.5 Å². The quantitative estimate of drug-likeness (QED) is 0.642. The largest absolute Gasteiger partial charge is 0.377 e. The van der Waals surface area contributed by atoms with Crippen LogP contribution in [0.2, 0.25) is 4.47 Å². The average Bonchev–Trinajstić information content (AvgIpc) is 2.72. The zero-order valence-corrected chi connectivity index (χ0v) is 11.8. The van der Waals surface area contributed by atoms with E-state index in [-0.39, 0.29) is 16.7 Å². The van der Waals surface area contributed by atoms with Crippen LogP contribution in [0.3, 0.4) is 0 Å². The number of hydrogen-bond donors (Lipinski definition) is 1. The Morgan fingerprint density at radius 2 is 2.06 bits per heavy atom. The van der Waals surface area contributed by atoms with Crippen molar-refractivity contribution in [2.24, 2.45) is 0 Å². The molecule has 8 heteroatoms. The molecule has 0 aliphatic heterocycles. The van der Waals surface area contributed by atoms with E-state index in [9.17, 15) is 13.2 Å². The number of anilines is 1. The minimum Gasteiger partial charge on any atom is -0.377 e. The van der Waals surface area contributed by atoms with Crippen LogP contribution in [0.5, 0.6) is 0 Å². The Morgan fingerprint density at radius 3 is 2.67 bits per heavy atom. The first-order chi connectivity index (χ1) is 8.49. The molecule has 1 aromatic heterocycles. The van der Waals surface area contributed by atoms with Gasteiger partial charge in [0, 0.05) is 17.1 Å². The van der Waals surface area contributed by atoms with Crippen molar-refractivity contribution in [3.05, 3.63) is 43.5 Å². The summed E-state index contributed by atoms with van der Waals surface area (Å²) in [5, 5.41) is 2.66. The van der Waals surface area contributed by atoms with E-state index in [0.717, 1.165) is 4.88 Å². The monoisotopic (exact) mass is 356 g/mol. The summed E-state index contributed by atoms with van der Waals surface area (Å²) in [5.41, 5.74) is -0.140. The summed E-state index contributed by atoms with van der Waals surface area (Å²) in [4.78, 5) is 4.56. The van der Waals surface area contributed by atoms with Crippen LogP contribution in [-0.4, -0.2) is 4.98 Å². The van der Waals surface area contributed by atoms with Crippen molar-refractivity contribution in [2.75, 3.05) is 5.32 Å². The number of hydrogen-bond acceptors (Lipinski definition) is 3. The lowest BCUT2D eigenvalue weighted by Crippen LogP contribution is -2.03. The predicted molar refractivity (Wildman–Crippen MR) is 68.5 cm³/mol. The first kappa shape index (κ1) is 13.6. The molecule has 0 aliphatic rings. The normalized spacial score (nSPS) is 10.7. The Morgan fingerprint density at radius 1 is 1.33 bits per heavy atom. The van der Waals surface area contributed by atoms with Crippen molar-refractivity contribution in [1.82, 2.24) is 4.98 Å². The van der Waals surface area contributed by atoms with E-state index in [1.165, 1.54) is 17.5 Å². The number of halogens is 5. The standard InChI is InChI=1S/C10H5BrClF3N2S/c11-7-8(15)5(13)1-6(14)9(7)16-2-4-3-17-10(12)18-4/h1,3,16H,2H2. The Kier molecular flexibility index (Phi) is 4.14. The molecule has 0 bridgehead atoms. The van der Waals surface area contributed by atoms with E-state index < -0.39 is 17.5 Å². The summed E-state index contributed by atoms with van der Waals surface area (Å²) in [6.45, 7) is 0.213. The minimum absolute atomic E-state index is 0.140. The molecule has 0 aliphatic carbocycles. The fraction of sp³-hybridized carbons (Fsp3) is 0.100. The molecule has 0 atom stereocenters. The highest BCUT2D eigenvalue weighted by molar-refractivity contribution is 9.10. The third-order valence-corrected chi connectivity index (χ3v) is 3.94. The van der Waals surface area contributed by atoms with Crippen LogP contribution >= 0.6 is 38.9 Å². The van der Waals surface area contributed by atoms with Gasteiger partial charge in [0.15, 0.2) is 21.9 Å². The van der Waals surface area contributed by atoms with Gasteiger partial charge >= 0.3 is 0 Å². The molecule has 1 heterocycles. The second-order valence-electron chi connectivity index (χ2n) is 3.28. The highest BCUT2D eigenvalue weighted by Crippen LogP contribution is 2.31. The Bertz CT molecular complexity index is 591. The zero-order valence-electron chi connectivity index (χ0n) is 8.61. The van der Waals surface area contributed by atoms with Gasteiger partial charge in [0.25, 0.3) is 0 Å². The Hall–Kier alpha value is -0.790. The third-order valence-electron chi connectivity index (χ3n) is 2.08. The highest BCUT2D eigenvalue weighted by Gasteiger charge is 2.16.